The summed E-state index contributed by atoms with van der Waals surface area (Å²) in [7, 11) is -3.98. The van der Waals surface area contributed by atoms with E-state index in [1.807, 2.05) is 0 Å². The first-order valence-electron chi connectivity index (χ1n) is 6.56. The van der Waals surface area contributed by atoms with Crippen molar-refractivity contribution >= 4 is 15.7 Å². The third kappa shape index (κ3) is 2.54. The number of benzene rings is 1. The number of sulfonamides is 1. The predicted octanol–water partition coefficient (Wildman–Crippen LogP) is 1.29. The summed E-state index contributed by atoms with van der Waals surface area (Å²) in [4.78, 5) is 10.1. The SMILES string of the molecule is Cc1cccc([N+](=O)[O-])c1S(=O)(=O)N1CC(O)(C(C)C)C1. The highest BCUT2D eigenvalue weighted by Gasteiger charge is 2.50. The van der Waals surface area contributed by atoms with Gasteiger partial charge in [0.25, 0.3) is 5.69 Å². The summed E-state index contributed by atoms with van der Waals surface area (Å²) in [5.74, 6) is -0.0872. The summed E-state index contributed by atoms with van der Waals surface area (Å²) in [6.07, 6.45) is 0. The molecule has 0 unspecified atom stereocenters. The molecule has 8 heteroatoms. The quantitative estimate of drug-likeness (QED) is 0.666. The van der Waals surface area contributed by atoms with E-state index in [0.29, 0.717) is 5.56 Å². The first-order valence-corrected chi connectivity index (χ1v) is 8.00. The molecule has 2 rings (SSSR count). The van der Waals surface area contributed by atoms with Gasteiger partial charge in [-0.3, -0.25) is 10.1 Å². The number of rotatable bonds is 4. The molecule has 1 aliphatic heterocycles. The Morgan fingerprint density at radius 3 is 2.43 bits per heavy atom. The molecule has 1 saturated heterocycles. The minimum absolute atomic E-state index is 0.0432. The summed E-state index contributed by atoms with van der Waals surface area (Å²) >= 11 is 0. The van der Waals surface area contributed by atoms with Crippen LogP contribution in [0.5, 0.6) is 0 Å². The van der Waals surface area contributed by atoms with Gasteiger partial charge in [0.2, 0.25) is 10.0 Å². The van der Waals surface area contributed by atoms with Crippen molar-refractivity contribution in [3.63, 3.8) is 0 Å². The average Bonchev–Trinajstić information content (AvgIpc) is 2.33. The van der Waals surface area contributed by atoms with E-state index in [9.17, 15) is 23.6 Å². The van der Waals surface area contributed by atoms with Gasteiger partial charge in [0.05, 0.1) is 10.5 Å². The number of aryl methyl sites for hydroxylation is 1. The van der Waals surface area contributed by atoms with Crippen LogP contribution in [0.15, 0.2) is 23.1 Å². The first-order chi connectivity index (χ1) is 9.59. The minimum Gasteiger partial charge on any atom is -0.387 e. The maximum atomic E-state index is 12.6. The zero-order valence-corrected chi connectivity index (χ0v) is 12.9. The Bertz CT molecular complexity index is 678. The number of nitrogens with zero attached hydrogens (tertiary/aromatic N) is 2. The third-order valence-corrected chi connectivity index (χ3v) is 5.95. The highest BCUT2D eigenvalue weighted by atomic mass is 32.2. The average molecular weight is 314 g/mol. The standard InChI is InChI=1S/C13H18N2O5S/c1-9(2)13(16)7-14(8-13)21(19,20)12-10(3)5-4-6-11(12)15(17)18/h4-6,9,16H,7-8H2,1-3H3. The summed E-state index contributed by atoms with van der Waals surface area (Å²) in [5.41, 5.74) is -1.18. The topological polar surface area (TPSA) is 101 Å². The Labute approximate surface area is 123 Å². The molecule has 0 bridgehead atoms. The smallest absolute Gasteiger partial charge is 0.289 e. The number of nitro groups is 1. The minimum atomic E-state index is -3.98. The van der Waals surface area contributed by atoms with Crippen molar-refractivity contribution in [1.29, 1.82) is 0 Å². The van der Waals surface area contributed by atoms with Gasteiger partial charge in [0, 0.05) is 19.2 Å². The molecular weight excluding hydrogens is 296 g/mol. The number of β-amino-alcohol motifs (C(OH)–C–C–N with tert-alkyl or cyclic N) is 1. The van der Waals surface area contributed by atoms with Crippen molar-refractivity contribution in [2.45, 2.75) is 31.3 Å². The van der Waals surface area contributed by atoms with Crippen LogP contribution in [0.1, 0.15) is 19.4 Å². The van der Waals surface area contributed by atoms with Gasteiger partial charge in [-0.15, -0.1) is 0 Å². The van der Waals surface area contributed by atoms with Crippen molar-refractivity contribution in [3.05, 3.63) is 33.9 Å². The molecule has 1 fully saturated rings. The van der Waals surface area contributed by atoms with E-state index in [0.717, 1.165) is 4.31 Å². The van der Waals surface area contributed by atoms with Crippen LogP contribution in [0, 0.1) is 23.0 Å². The first kappa shape index (κ1) is 15.9. The molecule has 0 amide bonds. The van der Waals surface area contributed by atoms with Gasteiger partial charge in [-0.05, 0) is 18.4 Å². The van der Waals surface area contributed by atoms with Gasteiger partial charge in [0.15, 0.2) is 4.90 Å². The summed E-state index contributed by atoms with van der Waals surface area (Å²) in [6, 6.07) is 4.15. The van der Waals surface area contributed by atoms with Gasteiger partial charge in [-0.25, -0.2) is 8.42 Å². The van der Waals surface area contributed by atoms with Crippen molar-refractivity contribution < 1.29 is 18.4 Å². The molecule has 1 N–H and O–H groups in total. The van der Waals surface area contributed by atoms with Crippen molar-refractivity contribution in [2.24, 2.45) is 5.92 Å². The van der Waals surface area contributed by atoms with E-state index in [2.05, 4.69) is 0 Å². The molecule has 1 aromatic rings. The molecule has 1 heterocycles. The van der Waals surface area contributed by atoms with Crippen molar-refractivity contribution in [2.75, 3.05) is 13.1 Å². The number of hydrogen-bond donors (Lipinski definition) is 1. The molecule has 0 saturated carbocycles. The molecule has 1 aromatic carbocycles. The van der Waals surface area contributed by atoms with E-state index in [1.54, 1.807) is 13.8 Å². The molecule has 0 aliphatic carbocycles. The number of aliphatic hydroxyl groups is 1. The molecule has 7 nitrogen and oxygen atoms in total. The zero-order valence-electron chi connectivity index (χ0n) is 12.1. The predicted molar refractivity (Wildman–Crippen MR) is 76.4 cm³/mol. The van der Waals surface area contributed by atoms with Crippen LogP contribution in [-0.4, -0.2) is 41.4 Å². The van der Waals surface area contributed by atoms with E-state index in [1.165, 1.54) is 25.1 Å². The molecule has 116 valence electrons. The second kappa shape index (κ2) is 5.04. The van der Waals surface area contributed by atoms with Crippen LogP contribution in [0.2, 0.25) is 0 Å². The lowest BCUT2D eigenvalue weighted by Gasteiger charge is -2.47. The Balaban J connectivity index is 2.42. The molecule has 0 radical (unpaired) electrons. The van der Waals surface area contributed by atoms with Crippen LogP contribution in [0.25, 0.3) is 0 Å². The largest absolute Gasteiger partial charge is 0.387 e. The fourth-order valence-electron chi connectivity index (χ4n) is 2.35. The fourth-order valence-corrected chi connectivity index (χ4v) is 4.27. The Hall–Kier alpha value is -1.51. The summed E-state index contributed by atoms with van der Waals surface area (Å²) in [5, 5.41) is 21.2. The Kier molecular flexibility index (Phi) is 3.81. The maximum Gasteiger partial charge on any atom is 0.289 e. The monoisotopic (exact) mass is 314 g/mol. The lowest BCUT2D eigenvalue weighted by molar-refractivity contribution is -0.388. The van der Waals surface area contributed by atoms with E-state index >= 15 is 0 Å². The second-order valence-corrected chi connectivity index (χ2v) is 7.59. The maximum absolute atomic E-state index is 12.6. The lowest BCUT2D eigenvalue weighted by atomic mass is 9.85. The number of hydrogen-bond acceptors (Lipinski definition) is 5. The van der Waals surface area contributed by atoms with Crippen molar-refractivity contribution in [1.82, 2.24) is 4.31 Å². The van der Waals surface area contributed by atoms with E-state index in [-0.39, 0.29) is 23.9 Å². The van der Waals surface area contributed by atoms with Gasteiger partial charge < -0.3 is 5.11 Å². The van der Waals surface area contributed by atoms with Gasteiger partial charge in [-0.2, -0.15) is 4.31 Å². The van der Waals surface area contributed by atoms with E-state index < -0.39 is 26.2 Å². The van der Waals surface area contributed by atoms with Crippen LogP contribution >= 0.6 is 0 Å². The highest BCUT2D eigenvalue weighted by Crippen LogP contribution is 2.37. The second-order valence-electron chi connectivity index (χ2n) is 5.71. The lowest BCUT2D eigenvalue weighted by Crippen LogP contribution is -2.65. The van der Waals surface area contributed by atoms with Crippen LogP contribution in [0.3, 0.4) is 0 Å². The summed E-state index contributed by atoms with van der Waals surface area (Å²) in [6.45, 7) is 5.05. The Morgan fingerprint density at radius 1 is 1.38 bits per heavy atom. The molecular formula is C13H18N2O5S. The number of nitro benzene ring substituents is 1. The molecule has 1 aliphatic rings. The Morgan fingerprint density at radius 2 is 1.95 bits per heavy atom. The molecule has 0 aromatic heterocycles. The molecule has 0 atom stereocenters. The summed E-state index contributed by atoms with van der Waals surface area (Å²) < 4.78 is 26.2. The molecule has 21 heavy (non-hydrogen) atoms. The zero-order chi connectivity index (χ0) is 16.0. The van der Waals surface area contributed by atoms with Gasteiger partial charge in [-0.1, -0.05) is 26.0 Å². The van der Waals surface area contributed by atoms with Crippen LogP contribution in [0.4, 0.5) is 5.69 Å². The van der Waals surface area contributed by atoms with Crippen LogP contribution < -0.4 is 0 Å². The van der Waals surface area contributed by atoms with E-state index in [4.69, 9.17) is 0 Å². The van der Waals surface area contributed by atoms with Gasteiger partial charge in [0.1, 0.15) is 0 Å². The normalized spacial score (nSPS) is 18.5. The van der Waals surface area contributed by atoms with Crippen molar-refractivity contribution in [3.8, 4) is 0 Å². The molecule has 0 spiro atoms. The highest BCUT2D eigenvalue weighted by molar-refractivity contribution is 7.89. The fraction of sp³-hybridized carbons (Fsp3) is 0.538. The van der Waals surface area contributed by atoms with Gasteiger partial charge >= 0.3 is 0 Å². The van der Waals surface area contributed by atoms with Crippen LogP contribution in [-0.2, 0) is 10.0 Å². The third-order valence-electron chi connectivity index (χ3n) is 3.96.